The van der Waals surface area contributed by atoms with Gasteiger partial charge in [0.25, 0.3) is 0 Å². The minimum Gasteiger partial charge on any atom is -0.365 e. The summed E-state index contributed by atoms with van der Waals surface area (Å²) in [4.78, 5) is 8.43. The zero-order chi connectivity index (χ0) is 19.3. The first-order valence-electron chi connectivity index (χ1n) is 8.04. The number of hydrogen-bond donors (Lipinski definition) is 1. The number of aryl methyl sites for hydroxylation is 1. The Hall–Kier alpha value is -2.64. The highest BCUT2D eigenvalue weighted by molar-refractivity contribution is 6.35. The highest BCUT2D eigenvalue weighted by Gasteiger charge is 2.33. The highest BCUT2D eigenvalue weighted by atomic mass is 35.5. The standard InChI is InChI=1S/C19H13ClF3N3O/c1-10-9-24-17-18(27)25-16(12-4-2-3-5-14(12)20)13-8-11(19(21,22)23)6-7-15(13)26(10)17/h2-9,18,27H,1H3. The van der Waals surface area contributed by atoms with E-state index in [9.17, 15) is 18.3 Å². The molecular weight excluding hydrogens is 379 g/mol. The van der Waals surface area contributed by atoms with Crippen molar-refractivity contribution in [3.63, 3.8) is 0 Å². The molecule has 2 aromatic carbocycles. The monoisotopic (exact) mass is 391 g/mol. The van der Waals surface area contributed by atoms with Crippen molar-refractivity contribution in [1.82, 2.24) is 9.55 Å². The zero-order valence-electron chi connectivity index (χ0n) is 14.0. The second-order valence-corrected chi connectivity index (χ2v) is 6.56. The lowest BCUT2D eigenvalue weighted by Gasteiger charge is -2.16. The average Bonchev–Trinajstić information content (AvgIpc) is 2.95. The molecule has 0 radical (unpaired) electrons. The quantitative estimate of drug-likeness (QED) is 0.654. The zero-order valence-corrected chi connectivity index (χ0v) is 14.8. The predicted molar refractivity (Wildman–Crippen MR) is 95.4 cm³/mol. The molecule has 138 valence electrons. The van der Waals surface area contributed by atoms with E-state index < -0.39 is 18.0 Å². The number of aliphatic hydroxyl groups is 1. The molecule has 0 amide bonds. The summed E-state index contributed by atoms with van der Waals surface area (Å²) in [5.41, 5.74) is 1.14. The van der Waals surface area contributed by atoms with Crippen LogP contribution in [-0.2, 0) is 6.18 Å². The fraction of sp³-hybridized carbons (Fsp3) is 0.158. The number of nitrogens with zero attached hydrogens (tertiary/aromatic N) is 3. The van der Waals surface area contributed by atoms with Crippen LogP contribution in [0.5, 0.6) is 0 Å². The van der Waals surface area contributed by atoms with Crippen molar-refractivity contribution in [2.45, 2.75) is 19.3 Å². The van der Waals surface area contributed by atoms with Crippen LogP contribution in [0, 0.1) is 6.92 Å². The number of rotatable bonds is 1. The number of fused-ring (bicyclic) bond motifs is 3. The summed E-state index contributed by atoms with van der Waals surface area (Å²) in [5.74, 6) is 0.232. The lowest BCUT2D eigenvalue weighted by molar-refractivity contribution is -0.137. The number of aromatic nitrogens is 2. The first kappa shape index (κ1) is 17.8. The van der Waals surface area contributed by atoms with Gasteiger partial charge in [-0.15, -0.1) is 0 Å². The van der Waals surface area contributed by atoms with Gasteiger partial charge in [-0.05, 0) is 31.2 Å². The Morgan fingerprint density at radius 3 is 2.56 bits per heavy atom. The second-order valence-electron chi connectivity index (χ2n) is 6.15. The number of aliphatic imine (C=N–C) groups is 1. The summed E-state index contributed by atoms with van der Waals surface area (Å²) in [6.45, 7) is 1.76. The van der Waals surface area contributed by atoms with Crippen molar-refractivity contribution in [2.75, 3.05) is 0 Å². The molecule has 2 heterocycles. The smallest absolute Gasteiger partial charge is 0.365 e. The van der Waals surface area contributed by atoms with Gasteiger partial charge in [-0.25, -0.2) is 9.98 Å². The summed E-state index contributed by atoms with van der Waals surface area (Å²) < 4.78 is 41.6. The number of aliphatic hydroxyl groups excluding tert-OH is 1. The number of imidazole rings is 1. The third-order valence-corrected chi connectivity index (χ3v) is 4.73. The Morgan fingerprint density at radius 2 is 1.85 bits per heavy atom. The molecular formula is C19H13ClF3N3O. The van der Waals surface area contributed by atoms with E-state index in [4.69, 9.17) is 11.6 Å². The van der Waals surface area contributed by atoms with Crippen LogP contribution in [0.1, 0.15) is 34.4 Å². The van der Waals surface area contributed by atoms with Gasteiger partial charge in [0.1, 0.15) is 0 Å². The lowest BCUT2D eigenvalue weighted by atomic mass is 9.98. The van der Waals surface area contributed by atoms with E-state index in [0.29, 0.717) is 22.0 Å². The Labute approximate surface area is 157 Å². The van der Waals surface area contributed by atoms with Crippen molar-refractivity contribution in [2.24, 2.45) is 4.99 Å². The maximum Gasteiger partial charge on any atom is 0.416 e. The number of hydrogen-bond acceptors (Lipinski definition) is 3. The molecule has 1 aromatic heterocycles. The van der Waals surface area contributed by atoms with E-state index in [0.717, 1.165) is 12.1 Å². The Balaban J connectivity index is 2.07. The molecule has 1 atom stereocenters. The molecule has 1 aliphatic heterocycles. The normalized spacial score (nSPS) is 16.4. The van der Waals surface area contributed by atoms with E-state index in [-0.39, 0.29) is 17.1 Å². The molecule has 0 spiro atoms. The molecule has 0 saturated heterocycles. The van der Waals surface area contributed by atoms with Crippen LogP contribution in [0.4, 0.5) is 13.2 Å². The average molecular weight is 392 g/mol. The minimum atomic E-state index is -4.52. The van der Waals surface area contributed by atoms with E-state index in [1.54, 1.807) is 35.8 Å². The molecule has 4 nitrogen and oxygen atoms in total. The molecule has 1 N–H and O–H groups in total. The lowest BCUT2D eigenvalue weighted by Crippen LogP contribution is -2.12. The molecule has 1 aliphatic rings. The van der Waals surface area contributed by atoms with Crippen molar-refractivity contribution >= 4 is 17.3 Å². The van der Waals surface area contributed by atoms with Gasteiger partial charge in [-0.2, -0.15) is 13.2 Å². The Morgan fingerprint density at radius 1 is 1.11 bits per heavy atom. The first-order chi connectivity index (χ1) is 12.8. The van der Waals surface area contributed by atoms with E-state index in [2.05, 4.69) is 9.98 Å². The van der Waals surface area contributed by atoms with Crippen LogP contribution in [-0.4, -0.2) is 20.4 Å². The van der Waals surface area contributed by atoms with Gasteiger partial charge >= 0.3 is 6.18 Å². The number of alkyl halides is 3. The molecule has 0 aliphatic carbocycles. The van der Waals surface area contributed by atoms with Gasteiger partial charge in [0.15, 0.2) is 5.82 Å². The third-order valence-electron chi connectivity index (χ3n) is 4.40. The van der Waals surface area contributed by atoms with Crippen LogP contribution < -0.4 is 0 Å². The predicted octanol–water partition coefficient (Wildman–Crippen LogP) is 4.69. The van der Waals surface area contributed by atoms with Gasteiger partial charge in [0, 0.05) is 28.0 Å². The Kier molecular flexibility index (Phi) is 4.09. The van der Waals surface area contributed by atoms with Crippen LogP contribution in [0.2, 0.25) is 5.02 Å². The van der Waals surface area contributed by atoms with Gasteiger partial charge in [-0.3, -0.25) is 4.57 Å². The maximum atomic E-state index is 13.3. The third kappa shape index (κ3) is 2.93. The molecule has 8 heteroatoms. The summed E-state index contributed by atoms with van der Waals surface area (Å²) in [7, 11) is 0. The summed E-state index contributed by atoms with van der Waals surface area (Å²) in [6.07, 6.45) is -4.32. The number of halogens is 4. The molecule has 3 aromatic rings. The van der Waals surface area contributed by atoms with Crippen molar-refractivity contribution in [3.05, 3.63) is 81.9 Å². The molecule has 1 unspecified atom stereocenters. The molecule has 0 saturated carbocycles. The van der Waals surface area contributed by atoms with Crippen molar-refractivity contribution in [1.29, 1.82) is 0 Å². The van der Waals surface area contributed by atoms with Crippen molar-refractivity contribution < 1.29 is 18.3 Å². The van der Waals surface area contributed by atoms with Crippen LogP contribution in [0.25, 0.3) is 5.69 Å². The highest BCUT2D eigenvalue weighted by Crippen LogP contribution is 2.36. The largest absolute Gasteiger partial charge is 0.416 e. The molecule has 0 fully saturated rings. The summed E-state index contributed by atoms with van der Waals surface area (Å²) in [6, 6.07) is 10.1. The maximum absolute atomic E-state index is 13.3. The van der Waals surface area contributed by atoms with Gasteiger partial charge in [0.05, 0.1) is 17.0 Å². The fourth-order valence-corrected chi connectivity index (χ4v) is 3.39. The van der Waals surface area contributed by atoms with Gasteiger partial charge in [0.2, 0.25) is 6.23 Å². The molecule has 0 bridgehead atoms. The summed E-state index contributed by atoms with van der Waals surface area (Å²) >= 11 is 6.26. The SMILES string of the molecule is Cc1cnc2n1-c1ccc(C(F)(F)F)cc1C(c1ccccc1Cl)=NC2O. The van der Waals surface area contributed by atoms with Gasteiger partial charge < -0.3 is 5.11 Å². The number of benzene rings is 2. The fourth-order valence-electron chi connectivity index (χ4n) is 3.17. The van der Waals surface area contributed by atoms with E-state index >= 15 is 0 Å². The molecule has 27 heavy (non-hydrogen) atoms. The van der Waals surface area contributed by atoms with Crippen LogP contribution in [0.15, 0.2) is 53.7 Å². The molecule has 4 rings (SSSR count). The first-order valence-corrected chi connectivity index (χ1v) is 8.42. The Bertz CT molecular complexity index is 1070. The van der Waals surface area contributed by atoms with Crippen LogP contribution >= 0.6 is 11.6 Å². The van der Waals surface area contributed by atoms with Gasteiger partial charge in [-0.1, -0.05) is 29.8 Å². The summed E-state index contributed by atoms with van der Waals surface area (Å²) in [5, 5.41) is 10.9. The second kappa shape index (κ2) is 6.21. The topological polar surface area (TPSA) is 50.4 Å². The van der Waals surface area contributed by atoms with Crippen molar-refractivity contribution in [3.8, 4) is 5.69 Å². The van der Waals surface area contributed by atoms with E-state index in [1.165, 1.54) is 12.3 Å². The minimum absolute atomic E-state index is 0.180. The van der Waals surface area contributed by atoms with E-state index in [1.807, 2.05) is 0 Å². The van der Waals surface area contributed by atoms with Crippen LogP contribution in [0.3, 0.4) is 0 Å².